The summed E-state index contributed by atoms with van der Waals surface area (Å²) in [6.07, 6.45) is 8.57. The van der Waals surface area contributed by atoms with E-state index in [1.54, 1.807) is 12.4 Å². The Morgan fingerprint density at radius 1 is 1.21 bits per heavy atom. The third kappa shape index (κ3) is 4.06. The average molecular weight is 376 g/mol. The number of ether oxygens (including phenoxy) is 1. The van der Waals surface area contributed by atoms with E-state index in [0.29, 0.717) is 11.5 Å². The van der Waals surface area contributed by atoms with Crippen molar-refractivity contribution in [2.24, 2.45) is 4.99 Å². The van der Waals surface area contributed by atoms with Gasteiger partial charge < -0.3 is 10.1 Å². The van der Waals surface area contributed by atoms with Crippen LogP contribution in [0.4, 0.5) is 16.2 Å². The molecule has 2 N–H and O–H groups in total. The second-order valence-corrected chi connectivity index (χ2v) is 7.28. The van der Waals surface area contributed by atoms with Crippen molar-refractivity contribution < 1.29 is 9.53 Å². The molecule has 0 bridgehead atoms. The lowest BCUT2D eigenvalue weighted by Gasteiger charge is -2.22. The van der Waals surface area contributed by atoms with Crippen molar-refractivity contribution in [1.29, 1.82) is 0 Å². The van der Waals surface area contributed by atoms with Gasteiger partial charge >= 0.3 is 6.09 Å². The third-order valence-electron chi connectivity index (χ3n) is 5.17. The van der Waals surface area contributed by atoms with Gasteiger partial charge in [-0.25, -0.2) is 9.79 Å². The van der Waals surface area contributed by atoms with E-state index in [1.165, 1.54) is 6.42 Å². The van der Waals surface area contributed by atoms with Crippen molar-refractivity contribution in [3.05, 3.63) is 54.1 Å². The van der Waals surface area contributed by atoms with Crippen molar-refractivity contribution in [3.63, 3.8) is 0 Å². The molecule has 0 radical (unpaired) electrons. The normalized spacial score (nSPS) is 16.2. The quantitative estimate of drug-likeness (QED) is 0.767. The first-order valence-corrected chi connectivity index (χ1v) is 9.67. The Bertz CT molecular complexity index is 946. The molecule has 6 nitrogen and oxygen atoms in total. The SMILES string of the molecule is C=C1N=Cc2cc(-c3cnc(C)c(NC(=O)OC4CCCCC4)c3)ccc2N1. The number of hydrogen-bond donors (Lipinski definition) is 2. The van der Waals surface area contributed by atoms with Gasteiger partial charge in [0.15, 0.2) is 0 Å². The highest BCUT2D eigenvalue weighted by atomic mass is 16.6. The summed E-state index contributed by atoms with van der Waals surface area (Å²) in [6, 6.07) is 7.97. The van der Waals surface area contributed by atoms with Crippen LogP contribution in [-0.2, 0) is 4.74 Å². The molecule has 0 saturated heterocycles. The van der Waals surface area contributed by atoms with Gasteiger partial charge in [0.05, 0.1) is 11.4 Å². The summed E-state index contributed by atoms with van der Waals surface area (Å²) in [5.41, 5.74) is 5.28. The predicted octanol–water partition coefficient (Wildman–Crippen LogP) is 5.25. The average Bonchev–Trinajstić information content (AvgIpc) is 2.70. The molecule has 0 atom stereocenters. The summed E-state index contributed by atoms with van der Waals surface area (Å²) >= 11 is 0. The highest BCUT2D eigenvalue weighted by molar-refractivity contribution is 5.93. The fraction of sp³-hybridized carbons (Fsp3) is 0.318. The third-order valence-corrected chi connectivity index (χ3v) is 5.17. The van der Waals surface area contributed by atoms with E-state index in [0.717, 1.165) is 53.8 Å². The molecule has 1 saturated carbocycles. The molecular formula is C22H24N4O2. The van der Waals surface area contributed by atoms with E-state index < -0.39 is 6.09 Å². The summed E-state index contributed by atoms with van der Waals surface area (Å²) in [5, 5.41) is 6.00. The van der Waals surface area contributed by atoms with Gasteiger partial charge in [0, 0.05) is 29.2 Å². The second-order valence-electron chi connectivity index (χ2n) is 7.28. The molecule has 2 aromatic rings. The summed E-state index contributed by atoms with van der Waals surface area (Å²) < 4.78 is 5.57. The topological polar surface area (TPSA) is 75.6 Å². The minimum absolute atomic E-state index is 0.0207. The highest BCUT2D eigenvalue weighted by Crippen LogP contribution is 2.29. The number of carbonyl (C=O) groups excluding carboxylic acids is 1. The van der Waals surface area contributed by atoms with E-state index in [9.17, 15) is 4.79 Å². The monoisotopic (exact) mass is 376 g/mol. The van der Waals surface area contributed by atoms with Crippen molar-refractivity contribution in [2.45, 2.75) is 45.1 Å². The maximum Gasteiger partial charge on any atom is 0.411 e. The Hall–Kier alpha value is -3.15. The maximum atomic E-state index is 12.3. The fourth-order valence-electron chi connectivity index (χ4n) is 3.59. The zero-order valence-corrected chi connectivity index (χ0v) is 16.0. The molecule has 1 aliphatic carbocycles. The summed E-state index contributed by atoms with van der Waals surface area (Å²) in [4.78, 5) is 21.0. The number of fused-ring (bicyclic) bond motifs is 1. The van der Waals surface area contributed by atoms with Crippen LogP contribution in [0.15, 0.2) is 47.9 Å². The molecular weight excluding hydrogens is 352 g/mol. The Kier molecular flexibility index (Phi) is 5.10. The first-order valence-electron chi connectivity index (χ1n) is 9.67. The van der Waals surface area contributed by atoms with Crippen molar-refractivity contribution in [1.82, 2.24) is 4.98 Å². The number of hydrogen-bond acceptors (Lipinski definition) is 5. The number of amides is 1. The van der Waals surface area contributed by atoms with E-state index in [1.807, 2.05) is 31.2 Å². The highest BCUT2D eigenvalue weighted by Gasteiger charge is 2.18. The lowest BCUT2D eigenvalue weighted by atomic mass is 9.98. The summed E-state index contributed by atoms with van der Waals surface area (Å²) in [7, 11) is 0. The molecule has 0 spiro atoms. The van der Waals surface area contributed by atoms with Crippen molar-refractivity contribution in [3.8, 4) is 11.1 Å². The Balaban J connectivity index is 1.52. The van der Waals surface area contributed by atoms with Gasteiger partial charge in [-0.3, -0.25) is 10.3 Å². The standard InChI is InChI=1S/C22H24N4O2/c1-14-21(26-22(27)28-19-6-4-3-5-7-19)11-17(12-23-14)16-8-9-20-18(10-16)13-24-15(2)25-20/h8-13,19,25H,2-7H2,1H3,(H,26,27). The largest absolute Gasteiger partial charge is 0.446 e. The molecule has 2 aliphatic rings. The minimum Gasteiger partial charge on any atom is -0.446 e. The van der Waals surface area contributed by atoms with Crippen LogP contribution in [0, 0.1) is 6.92 Å². The molecule has 1 amide bonds. The lowest BCUT2D eigenvalue weighted by Crippen LogP contribution is -2.24. The minimum atomic E-state index is -0.408. The number of aromatic nitrogens is 1. The molecule has 2 heterocycles. The van der Waals surface area contributed by atoms with Gasteiger partial charge in [-0.1, -0.05) is 19.1 Å². The zero-order chi connectivity index (χ0) is 19.5. The molecule has 1 aliphatic heterocycles. The number of aliphatic imine (C=N–C) groups is 1. The van der Waals surface area contributed by atoms with Crippen LogP contribution in [0.2, 0.25) is 0 Å². The van der Waals surface area contributed by atoms with Crippen LogP contribution in [0.1, 0.15) is 43.4 Å². The maximum absolute atomic E-state index is 12.3. The molecule has 6 heteroatoms. The Morgan fingerprint density at radius 3 is 2.86 bits per heavy atom. The number of aryl methyl sites for hydroxylation is 1. The first-order chi connectivity index (χ1) is 13.6. The number of benzene rings is 1. The summed E-state index contributed by atoms with van der Waals surface area (Å²) in [5.74, 6) is 0.625. The van der Waals surface area contributed by atoms with Crippen LogP contribution in [-0.4, -0.2) is 23.4 Å². The van der Waals surface area contributed by atoms with Crippen molar-refractivity contribution >= 4 is 23.7 Å². The number of pyridine rings is 1. The molecule has 144 valence electrons. The van der Waals surface area contributed by atoms with E-state index in [2.05, 4.69) is 27.2 Å². The van der Waals surface area contributed by atoms with E-state index >= 15 is 0 Å². The summed E-state index contributed by atoms with van der Waals surface area (Å²) in [6.45, 7) is 5.68. The van der Waals surface area contributed by atoms with Gasteiger partial charge in [-0.15, -0.1) is 0 Å². The lowest BCUT2D eigenvalue weighted by molar-refractivity contribution is 0.0865. The van der Waals surface area contributed by atoms with Gasteiger partial charge in [-0.05, 0) is 56.4 Å². The van der Waals surface area contributed by atoms with Gasteiger partial charge in [0.1, 0.15) is 11.9 Å². The van der Waals surface area contributed by atoms with Crippen LogP contribution < -0.4 is 10.6 Å². The molecule has 1 aromatic heterocycles. The molecule has 0 unspecified atom stereocenters. The number of carbonyl (C=O) groups is 1. The van der Waals surface area contributed by atoms with Gasteiger partial charge in [-0.2, -0.15) is 0 Å². The number of anilines is 2. The molecule has 1 fully saturated rings. The van der Waals surface area contributed by atoms with Crippen LogP contribution in [0.5, 0.6) is 0 Å². The van der Waals surface area contributed by atoms with Gasteiger partial charge in [0.25, 0.3) is 0 Å². The Morgan fingerprint density at radius 2 is 2.04 bits per heavy atom. The number of nitrogens with one attached hydrogen (secondary N) is 2. The number of nitrogens with zero attached hydrogens (tertiary/aromatic N) is 2. The predicted molar refractivity (Wildman–Crippen MR) is 112 cm³/mol. The zero-order valence-electron chi connectivity index (χ0n) is 16.0. The fourth-order valence-corrected chi connectivity index (χ4v) is 3.59. The smallest absolute Gasteiger partial charge is 0.411 e. The first kappa shape index (κ1) is 18.2. The molecule has 1 aromatic carbocycles. The van der Waals surface area contributed by atoms with E-state index in [4.69, 9.17) is 4.74 Å². The number of rotatable bonds is 3. The Labute approximate surface area is 164 Å². The van der Waals surface area contributed by atoms with Gasteiger partial charge in [0.2, 0.25) is 0 Å². The van der Waals surface area contributed by atoms with Crippen molar-refractivity contribution in [2.75, 3.05) is 10.6 Å². The molecule has 4 rings (SSSR count). The van der Waals surface area contributed by atoms with Crippen LogP contribution in [0.25, 0.3) is 11.1 Å². The second kappa shape index (κ2) is 7.84. The van der Waals surface area contributed by atoms with Crippen LogP contribution in [0.3, 0.4) is 0 Å². The van der Waals surface area contributed by atoms with E-state index in [-0.39, 0.29) is 6.10 Å². The molecule has 28 heavy (non-hydrogen) atoms. The van der Waals surface area contributed by atoms with Crippen LogP contribution >= 0.6 is 0 Å².